The number of unbranched alkanes of at least 4 members (excludes halogenated alkanes) is 26. The summed E-state index contributed by atoms with van der Waals surface area (Å²) in [4.78, 5) is 13.0. The van der Waals surface area contributed by atoms with Crippen LogP contribution in [0.3, 0.4) is 0 Å². The summed E-state index contributed by atoms with van der Waals surface area (Å²) in [5, 5.41) is 75.6. The van der Waals surface area contributed by atoms with E-state index in [1.165, 1.54) is 154 Å². The van der Waals surface area contributed by atoms with Crippen molar-refractivity contribution in [2.45, 2.75) is 274 Å². The number of ether oxygens (including phenoxy) is 2. The monoisotopic (exact) mass is 896 g/mol. The van der Waals surface area contributed by atoms with Crippen molar-refractivity contribution < 1.29 is 50.0 Å². The summed E-state index contributed by atoms with van der Waals surface area (Å²) >= 11 is 0. The predicted molar refractivity (Wildman–Crippen MR) is 256 cm³/mol. The number of rotatable bonds is 43. The van der Waals surface area contributed by atoms with Crippen LogP contribution in [0.2, 0.25) is 0 Å². The van der Waals surface area contributed by atoms with Crippen molar-refractivity contribution in [3.05, 3.63) is 36.5 Å². The summed E-state index contributed by atoms with van der Waals surface area (Å²) in [6.45, 7) is 3.39. The van der Waals surface area contributed by atoms with Crippen LogP contribution in [-0.4, -0.2) is 110 Å². The number of allylic oxidation sites excluding steroid dienone is 5. The number of carbonyl (C=O) groups excluding carboxylic acids is 1. The molecule has 1 aliphatic rings. The molecule has 9 atom stereocenters. The Kier molecular flexibility index (Phi) is 39.3. The van der Waals surface area contributed by atoms with Crippen LogP contribution in [0.25, 0.3) is 0 Å². The van der Waals surface area contributed by atoms with Gasteiger partial charge in [0.15, 0.2) is 6.29 Å². The lowest BCUT2D eigenvalue weighted by Gasteiger charge is -2.40. The minimum absolute atomic E-state index is 0.0436. The lowest BCUT2D eigenvalue weighted by Crippen LogP contribution is -2.60. The first kappa shape index (κ1) is 59.3. The van der Waals surface area contributed by atoms with E-state index in [1.807, 2.05) is 6.08 Å². The zero-order chi connectivity index (χ0) is 46.2. The van der Waals surface area contributed by atoms with Gasteiger partial charge in [0.2, 0.25) is 5.91 Å². The highest BCUT2D eigenvalue weighted by Crippen LogP contribution is 2.23. The predicted octanol–water partition coefficient (Wildman–Crippen LogP) is 9.56. The summed E-state index contributed by atoms with van der Waals surface area (Å²) in [5.74, 6) is -0.773. The van der Waals surface area contributed by atoms with Crippen molar-refractivity contribution >= 4 is 5.91 Å². The first-order valence-electron chi connectivity index (χ1n) is 25.9. The minimum atomic E-state index is -1.68. The van der Waals surface area contributed by atoms with Crippen molar-refractivity contribution in [1.29, 1.82) is 0 Å². The fourth-order valence-electron chi connectivity index (χ4n) is 8.13. The molecular weight excluding hydrogens is 799 g/mol. The normalized spacial score (nSPS) is 21.4. The highest BCUT2D eigenvalue weighted by molar-refractivity contribution is 5.81. The van der Waals surface area contributed by atoms with E-state index in [-0.39, 0.29) is 12.8 Å². The summed E-state index contributed by atoms with van der Waals surface area (Å²) < 4.78 is 11.1. The van der Waals surface area contributed by atoms with Gasteiger partial charge in [-0.3, -0.25) is 4.79 Å². The van der Waals surface area contributed by atoms with Crippen LogP contribution in [0.15, 0.2) is 36.5 Å². The van der Waals surface area contributed by atoms with Crippen LogP contribution in [0.1, 0.15) is 219 Å². The maximum atomic E-state index is 13.0. The average molecular weight is 896 g/mol. The maximum absolute atomic E-state index is 13.0. The Balaban J connectivity index is 2.38. The number of amides is 1. The fraction of sp³-hybridized carbons (Fsp3) is 0.865. The Morgan fingerprint density at radius 1 is 0.571 bits per heavy atom. The van der Waals surface area contributed by atoms with Gasteiger partial charge in [0, 0.05) is 6.42 Å². The molecule has 1 aliphatic heterocycles. The van der Waals surface area contributed by atoms with E-state index >= 15 is 0 Å². The van der Waals surface area contributed by atoms with Gasteiger partial charge in [0.1, 0.15) is 36.6 Å². The van der Waals surface area contributed by atoms with Gasteiger partial charge in [-0.15, -0.1) is 0 Å². The van der Waals surface area contributed by atoms with Gasteiger partial charge in [-0.05, 0) is 51.4 Å². The van der Waals surface area contributed by atoms with Crippen LogP contribution in [0, 0.1) is 0 Å². The molecule has 11 nitrogen and oxygen atoms in total. The molecule has 0 radical (unpaired) electrons. The summed E-state index contributed by atoms with van der Waals surface area (Å²) in [5.41, 5.74) is 0. The lowest BCUT2D eigenvalue weighted by atomic mass is 9.99. The van der Waals surface area contributed by atoms with Gasteiger partial charge < -0.3 is 50.5 Å². The molecule has 1 fully saturated rings. The molecular formula is C52H97NO10. The molecule has 1 saturated heterocycles. The van der Waals surface area contributed by atoms with E-state index < -0.39 is 74.2 Å². The first-order chi connectivity index (χ1) is 30.7. The molecule has 8 N–H and O–H groups in total. The van der Waals surface area contributed by atoms with Crippen LogP contribution in [0.5, 0.6) is 0 Å². The van der Waals surface area contributed by atoms with E-state index in [0.717, 1.165) is 25.7 Å². The number of nitrogens with one attached hydrogen (secondary N) is 1. The molecule has 0 aromatic heterocycles. The number of carbonyl (C=O) groups is 1. The van der Waals surface area contributed by atoms with Crippen molar-refractivity contribution in [3.63, 3.8) is 0 Å². The number of hydrogen-bond acceptors (Lipinski definition) is 10. The second kappa shape index (κ2) is 41.7. The first-order valence-corrected chi connectivity index (χ1v) is 25.9. The Bertz CT molecular complexity index is 1120. The van der Waals surface area contributed by atoms with E-state index in [2.05, 4.69) is 43.5 Å². The van der Waals surface area contributed by atoms with Gasteiger partial charge in [0.25, 0.3) is 0 Å². The summed E-state index contributed by atoms with van der Waals surface area (Å²) in [6, 6.07) is -1.21. The third kappa shape index (κ3) is 31.0. The van der Waals surface area contributed by atoms with Gasteiger partial charge in [-0.1, -0.05) is 198 Å². The second-order valence-electron chi connectivity index (χ2n) is 18.2. The highest BCUT2D eigenvalue weighted by atomic mass is 16.7. The molecule has 11 heteroatoms. The SMILES string of the molecule is CCCCCCCC/C=C\C/C=C\CC(O)C(=O)NC(COC1OC(CO)C(O)C(O)C1O)C(O)C(O)CCC/C=C/CCCCCCCCCCCCCCCCCCCCC. The lowest BCUT2D eigenvalue weighted by molar-refractivity contribution is -0.303. The standard InChI is InChI=1S/C52H97NO10/c1-3-5-7-9-11-13-15-17-18-19-20-21-22-23-24-25-26-27-28-30-31-33-35-37-39-44(55)47(57)43(42-62-52-50(60)49(59)48(58)46(41-54)63-52)53-51(61)45(56)40-38-36-34-32-29-16-14-12-10-8-6-4-2/h29,31-33,36,38,43-50,52,54-60H,3-28,30,34-35,37,39-42H2,1-2H3,(H,53,61)/b32-29-,33-31+,38-36-. The van der Waals surface area contributed by atoms with Crippen molar-refractivity contribution in [1.82, 2.24) is 5.32 Å². The Hall–Kier alpha value is -1.67. The van der Waals surface area contributed by atoms with Gasteiger partial charge in [0.05, 0.1) is 25.4 Å². The van der Waals surface area contributed by atoms with Crippen LogP contribution < -0.4 is 5.32 Å². The van der Waals surface area contributed by atoms with Crippen molar-refractivity contribution in [2.75, 3.05) is 13.2 Å². The highest BCUT2D eigenvalue weighted by Gasteiger charge is 2.44. The Labute approximate surface area is 384 Å². The van der Waals surface area contributed by atoms with E-state index in [0.29, 0.717) is 12.8 Å². The third-order valence-electron chi connectivity index (χ3n) is 12.4. The van der Waals surface area contributed by atoms with Gasteiger partial charge in [-0.2, -0.15) is 0 Å². The number of aliphatic hydroxyl groups excluding tert-OH is 7. The number of hydrogen-bond donors (Lipinski definition) is 8. The molecule has 0 bridgehead atoms. The molecule has 0 saturated carbocycles. The molecule has 0 spiro atoms. The molecule has 1 rings (SSSR count). The number of aliphatic hydroxyl groups is 7. The molecule has 370 valence electrons. The Morgan fingerprint density at radius 3 is 1.48 bits per heavy atom. The molecule has 1 amide bonds. The summed E-state index contributed by atoms with van der Waals surface area (Å²) in [6.07, 6.45) is 38.1. The molecule has 63 heavy (non-hydrogen) atoms. The fourth-order valence-corrected chi connectivity index (χ4v) is 8.13. The van der Waals surface area contributed by atoms with Crippen LogP contribution >= 0.6 is 0 Å². The zero-order valence-corrected chi connectivity index (χ0v) is 40.1. The third-order valence-corrected chi connectivity index (χ3v) is 12.4. The minimum Gasteiger partial charge on any atom is -0.394 e. The van der Waals surface area contributed by atoms with Crippen LogP contribution in [-0.2, 0) is 14.3 Å². The zero-order valence-electron chi connectivity index (χ0n) is 40.1. The topological polar surface area (TPSA) is 189 Å². The van der Waals surface area contributed by atoms with E-state index in [4.69, 9.17) is 9.47 Å². The van der Waals surface area contributed by atoms with Gasteiger partial charge in [-0.25, -0.2) is 0 Å². The van der Waals surface area contributed by atoms with Crippen molar-refractivity contribution in [2.24, 2.45) is 0 Å². The molecule has 9 unspecified atom stereocenters. The smallest absolute Gasteiger partial charge is 0.249 e. The molecule has 0 aromatic carbocycles. The second-order valence-corrected chi connectivity index (χ2v) is 18.2. The van der Waals surface area contributed by atoms with E-state index in [1.54, 1.807) is 6.08 Å². The van der Waals surface area contributed by atoms with Gasteiger partial charge >= 0.3 is 0 Å². The summed E-state index contributed by atoms with van der Waals surface area (Å²) in [7, 11) is 0. The largest absolute Gasteiger partial charge is 0.394 e. The molecule has 0 aromatic rings. The molecule has 0 aliphatic carbocycles. The molecule has 1 heterocycles. The quantitative estimate of drug-likeness (QED) is 0.0216. The van der Waals surface area contributed by atoms with Crippen LogP contribution in [0.4, 0.5) is 0 Å². The average Bonchev–Trinajstić information content (AvgIpc) is 3.28. The Morgan fingerprint density at radius 2 is 1.00 bits per heavy atom. The van der Waals surface area contributed by atoms with Crippen molar-refractivity contribution in [3.8, 4) is 0 Å². The maximum Gasteiger partial charge on any atom is 0.249 e. The van der Waals surface area contributed by atoms with E-state index in [9.17, 15) is 40.5 Å².